The summed E-state index contributed by atoms with van der Waals surface area (Å²) in [6.45, 7) is 3.24. The number of phosphoric acid groups is 1. The number of allylic oxidation sites excluding steroid dienone is 10. The summed E-state index contributed by atoms with van der Waals surface area (Å²) < 4.78 is 33.6. The van der Waals surface area contributed by atoms with Crippen LogP contribution >= 0.6 is 7.82 Å². The molecule has 1 aliphatic rings. The molecule has 13 nitrogen and oxygen atoms in total. The molecule has 376 valence electrons. The number of carbonyl (C=O) groups excluding carboxylic acids is 2. The van der Waals surface area contributed by atoms with Crippen LogP contribution in [0.15, 0.2) is 60.8 Å². The molecule has 14 heteroatoms. The standard InChI is InChI=1S/C51H89O13P/c1-3-5-7-9-11-13-15-17-19-21-22-24-25-27-29-31-33-35-37-39-44(52)61-41-43(42-62-65(59,60)64-51-49(57)47(55)46(54)48(56)50(51)58)63-45(53)40-38-36-34-32-30-28-26-23-20-18-16-14-12-10-8-6-4-2/h11,13-14,16-17,19,22,24,27,29,43,46-51,54-58H,3-10,12,15,18,20-21,23,25-26,28,30-42H2,1-2H3,(H,59,60)/b13-11+,16-14+,19-17+,24-22+,29-27+/t43-,46?,47-,48?,49?,50?,51?/m0/s1. The van der Waals surface area contributed by atoms with Crippen LogP contribution in [0.25, 0.3) is 0 Å². The van der Waals surface area contributed by atoms with Gasteiger partial charge in [-0.2, -0.15) is 0 Å². The van der Waals surface area contributed by atoms with Gasteiger partial charge in [0.1, 0.15) is 43.2 Å². The zero-order chi connectivity index (χ0) is 47.8. The van der Waals surface area contributed by atoms with Crippen LogP contribution in [-0.4, -0.2) is 98.3 Å². The molecule has 0 spiro atoms. The monoisotopic (exact) mass is 941 g/mol. The lowest BCUT2D eigenvalue weighted by molar-refractivity contribution is -0.220. The fraction of sp³-hybridized carbons (Fsp3) is 0.765. The Morgan fingerprint density at radius 2 is 0.831 bits per heavy atom. The predicted molar refractivity (Wildman–Crippen MR) is 258 cm³/mol. The SMILES string of the molecule is CCCCC/C=C/C/C=C/C/C=C/C/C=C/CCCCCC(=O)OC[C@@H](COP(=O)(O)OC1C(O)C(O)C(O)[C@H](O)C1O)OC(=O)CCCCCCCCCCC/C=C/CCCCCC. The number of hydrogen-bond acceptors (Lipinski definition) is 12. The largest absolute Gasteiger partial charge is 0.472 e. The second-order valence-corrected chi connectivity index (χ2v) is 18.7. The van der Waals surface area contributed by atoms with Crippen LogP contribution in [0.2, 0.25) is 0 Å². The van der Waals surface area contributed by atoms with E-state index in [1.165, 1.54) is 77.0 Å². The Kier molecular flexibility index (Phi) is 37.8. The van der Waals surface area contributed by atoms with Gasteiger partial charge in [-0.25, -0.2) is 4.57 Å². The van der Waals surface area contributed by atoms with Crippen LogP contribution < -0.4 is 0 Å². The minimum atomic E-state index is -5.13. The maximum absolute atomic E-state index is 12.8. The second kappa shape index (κ2) is 40.6. The maximum atomic E-state index is 12.8. The van der Waals surface area contributed by atoms with Crippen molar-refractivity contribution in [1.82, 2.24) is 0 Å². The summed E-state index contributed by atoms with van der Waals surface area (Å²) in [4.78, 5) is 35.8. The number of ether oxygens (including phenoxy) is 2. The van der Waals surface area contributed by atoms with E-state index < -0.39 is 75.7 Å². The average Bonchev–Trinajstić information content (AvgIpc) is 3.29. The molecule has 0 aromatic rings. The molecule has 0 aromatic heterocycles. The van der Waals surface area contributed by atoms with Crippen molar-refractivity contribution in [2.45, 2.75) is 236 Å². The number of unbranched alkanes of at least 4 members (excludes halogenated alkanes) is 19. The molecule has 0 aromatic carbocycles. The van der Waals surface area contributed by atoms with E-state index in [0.717, 1.165) is 77.0 Å². The second-order valence-electron chi connectivity index (χ2n) is 17.3. The summed E-state index contributed by atoms with van der Waals surface area (Å²) in [5.41, 5.74) is 0. The smallest absolute Gasteiger partial charge is 0.462 e. The third-order valence-corrected chi connectivity index (χ3v) is 12.3. The first-order valence-corrected chi connectivity index (χ1v) is 26.6. The molecule has 0 heterocycles. The van der Waals surface area contributed by atoms with Gasteiger partial charge in [0.2, 0.25) is 0 Å². The van der Waals surface area contributed by atoms with Gasteiger partial charge in [-0.1, -0.05) is 158 Å². The summed E-state index contributed by atoms with van der Waals surface area (Å²) in [6, 6.07) is 0. The van der Waals surface area contributed by atoms with E-state index >= 15 is 0 Å². The van der Waals surface area contributed by atoms with Crippen molar-refractivity contribution in [3.05, 3.63) is 60.8 Å². The Morgan fingerprint density at radius 1 is 0.477 bits per heavy atom. The van der Waals surface area contributed by atoms with Crippen molar-refractivity contribution >= 4 is 19.8 Å². The van der Waals surface area contributed by atoms with Crippen molar-refractivity contribution in [2.24, 2.45) is 0 Å². The normalized spacial score (nSPS) is 21.9. The average molecular weight is 941 g/mol. The molecular weight excluding hydrogens is 852 g/mol. The molecule has 0 amide bonds. The van der Waals surface area contributed by atoms with E-state index in [-0.39, 0.29) is 12.8 Å². The highest BCUT2D eigenvalue weighted by molar-refractivity contribution is 7.47. The van der Waals surface area contributed by atoms with Crippen LogP contribution in [0.4, 0.5) is 0 Å². The molecule has 1 aliphatic carbocycles. The molecule has 1 fully saturated rings. The van der Waals surface area contributed by atoms with Gasteiger partial charge in [0.05, 0.1) is 6.61 Å². The quantitative estimate of drug-likeness (QED) is 0.0146. The van der Waals surface area contributed by atoms with Crippen LogP contribution in [0.5, 0.6) is 0 Å². The zero-order valence-electron chi connectivity index (χ0n) is 40.0. The lowest BCUT2D eigenvalue weighted by Crippen LogP contribution is -2.64. The summed E-state index contributed by atoms with van der Waals surface area (Å²) in [5.74, 6) is -1.14. The zero-order valence-corrected chi connectivity index (χ0v) is 40.9. The Morgan fingerprint density at radius 3 is 1.32 bits per heavy atom. The third-order valence-electron chi connectivity index (χ3n) is 11.3. The summed E-state index contributed by atoms with van der Waals surface area (Å²) in [6.07, 6.45) is 36.9. The van der Waals surface area contributed by atoms with Gasteiger partial charge in [-0.3, -0.25) is 18.6 Å². The van der Waals surface area contributed by atoms with Crippen molar-refractivity contribution in [3.8, 4) is 0 Å². The van der Waals surface area contributed by atoms with Gasteiger partial charge in [0, 0.05) is 12.8 Å². The molecule has 1 rings (SSSR count). The van der Waals surface area contributed by atoms with Gasteiger partial charge in [0.15, 0.2) is 6.10 Å². The molecule has 0 bridgehead atoms. The van der Waals surface area contributed by atoms with Crippen molar-refractivity contribution < 1.29 is 63.1 Å². The van der Waals surface area contributed by atoms with Crippen LogP contribution in [0, 0.1) is 0 Å². The lowest BCUT2D eigenvalue weighted by atomic mass is 9.85. The minimum absolute atomic E-state index is 0.0852. The number of hydrogen-bond donors (Lipinski definition) is 6. The van der Waals surface area contributed by atoms with Crippen molar-refractivity contribution in [1.29, 1.82) is 0 Å². The summed E-state index contributed by atoms with van der Waals surface area (Å²) in [5, 5.41) is 50.2. The fourth-order valence-corrected chi connectivity index (χ4v) is 8.24. The summed E-state index contributed by atoms with van der Waals surface area (Å²) >= 11 is 0. The topological polar surface area (TPSA) is 210 Å². The van der Waals surface area contributed by atoms with Gasteiger partial charge in [-0.15, -0.1) is 0 Å². The Labute approximate surface area is 392 Å². The van der Waals surface area contributed by atoms with E-state index in [4.69, 9.17) is 18.5 Å². The molecule has 0 radical (unpaired) electrons. The molecule has 1 saturated carbocycles. The van der Waals surface area contributed by atoms with E-state index in [0.29, 0.717) is 12.8 Å². The van der Waals surface area contributed by atoms with E-state index in [1.54, 1.807) is 0 Å². The molecule has 0 aliphatic heterocycles. The molecule has 6 N–H and O–H groups in total. The highest BCUT2D eigenvalue weighted by atomic mass is 31.2. The van der Waals surface area contributed by atoms with Crippen molar-refractivity contribution in [2.75, 3.05) is 13.2 Å². The highest BCUT2D eigenvalue weighted by Gasteiger charge is 2.51. The summed E-state index contributed by atoms with van der Waals surface area (Å²) in [7, 11) is -5.13. The maximum Gasteiger partial charge on any atom is 0.472 e. The Bertz CT molecular complexity index is 1370. The first-order valence-electron chi connectivity index (χ1n) is 25.1. The van der Waals surface area contributed by atoms with E-state index in [2.05, 4.69) is 74.6 Å². The van der Waals surface area contributed by atoms with Crippen LogP contribution in [0.1, 0.15) is 194 Å². The molecule has 8 atom stereocenters. The third kappa shape index (κ3) is 32.8. The van der Waals surface area contributed by atoms with Crippen LogP contribution in [0.3, 0.4) is 0 Å². The highest BCUT2D eigenvalue weighted by Crippen LogP contribution is 2.47. The first kappa shape index (κ1) is 60.6. The minimum Gasteiger partial charge on any atom is -0.462 e. The fourth-order valence-electron chi connectivity index (χ4n) is 7.26. The van der Waals surface area contributed by atoms with E-state index in [1.807, 2.05) is 0 Å². The molecule has 65 heavy (non-hydrogen) atoms. The van der Waals surface area contributed by atoms with E-state index in [9.17, 15) is 44.6 Å². The molecular formula is C51H89O13P. The van der Waals surface area contributed by atoms with Crippen molar-refractivity contribution in [3.63, 3.8) is 0 Å². The lowest BCUT2D eigenvalue weighted by Gasteiger charge is -2.41. The number of phosphoric ester groups is 1. The van der Waals surface area contributed by atoms with Gasteiger partial charge in [0.25, 0.3) is 0 Å². The number of rotatable bonds is 41. The first-order chi connectivity index (χ1) is 31.4. The number of aliphatic hydroxyl groups is 5. The van der Waals surface area contributed by atoms with Crippen LogP contribution in [-0.2, 0) is 32.7 Å². The number of aliphatic hydroxyl groups excluding tert-OH is 5. The number of carbonyl (C=O) groups is 2. The molecule has 6 unspecified atom stereocenters. The number of esters is 2. The van der Waals surface area contributed by atoms with Gasteiger partial charge >= 0.3 is 19.8 Å². The Hall–Kier alpha value is -2.45. The van der Waals surface area contributed by atoms with Gasteiger partial charge < -0.3 is 39.9 Å². The molecule has 0 saturated heterocycles. The predicted octanol–water partition coefficient (Wildman–Crippen LogP) is 10.5. The van der Waals surface area contributed by atoms with Gasteiger partial charge in [-0.05, 0) is 83.5 Å². The Balaban J connectivity index is 2.45.